The summed E-state index contributed by atoms with van der Waals surface area (Å²) in [4.78, 5) is 25.5. The third-order valence-corrected chi connectivity index (χ3v) is 3.70. The van der Waals surface area contributed by atoms with Gasteiger partial charge in [-0.25, -0.2) is 0 Å². The van der Waals surface area contributed by atoms with Crippen molar-refractivity contribution in [1.82, 2.24) is 15.5 Å². The van der Waals surface area contributed by atoms with Gasteiger partial charge in [0.15, 0.2) is 0 Å². The lowest BCUT2D eigenvalue weighted by atomic mass is 9.96. The fourth-order valence-electron chi connectivity index (χ4n) is 2.63. The van der Waals surface area contributed by atoms with Crippen LogP contribution in [0.5, 0.6) is 0 Å². The minimum absolute atomic E-state index is 0.0422. The summed E-state index contributed by atoms with van der Waals surface area (Å²) < 4.78 is 0. The SMILES string of the molecule is CNCC1CCN(C(=O)CCCC(=O)NC(C)C)CC1. The molecule has 5 heteroatoms. The molecular weight excluding hydrogens is 254 g/mol. The van der Waals surface area contributed by atoms with Crippen LogP contribution in [0.15, 0.2) is 0 Å². The molecule has 0 aromatic carbocycles. The molecule has 1 aliphatic heterocycles. The molecule has 2 N–H and O–H groups in total. The van der Waals surface area contributed by atoms with Gasteiger partial charge in [0, 0.05) is 32.0 Å². The fourth-order valence-corrected chi connectivity index (χ4v) is 2.63. The first-order chi connectivity index (χ1) is 9.52. The summed E-state index contributed by atoms with van der Waals surface area (Å²) in [7, 11) is 1.97. The van der Waals surface area contributed by atoms with Crippen LogP contribution in [0.4, 0.5) is 0 Å². The van der Waals surface area contributed by atoms with Gasteiger partial charge in [0.05, 0.1) is 0 Å². The Bertz CT molecular complexity index is 310. The predicted octanol–water partition coefficient (Wildman–Crippen LogP) is 1.14. The number of nitrogens with one attached hydrogen (secondary N) is 2. The maximum absolute atomic E-state index is 12.0. The number of hydrogen-bond donors (Lipinski definition) is 2. The summed E-state index contributed by atoms with van der Waals surface area (Å²) >= 11 is 0. The zero-order valence-electron chi connectivity index (χ0n) is 13.1. The third kappa shape index (κ3) is 6.37. The van der Waals surface area contributed by atoms with Crippen molar-refractivity contribution in [2.75, 3.05) is 26.7 Å². The molecule has 2 amide bonds. The average Bonchev–Trinajstić information content (AvgIpc) is 2.39. The van der Waals surface area contributed by atoms with Crippen molar-refractivity contribution < 1.29 is 9.59 Å². The molecule has 0 aromatic heterocycles. The summed E-state index contributed by atoms with van der Waals surface area (Å²) in [5.41, 5.74) is 0. The van der Waals surface area contributed by atoms with Crippen LogP contribution >= 0.6 is 0 Å². The van der Waals surface area contributed by atoms with E-state index in [0.717, 1.165) is 32.5 Å². The maximum Gasteiger partial charge on any atom is 0.222 e. The molecule has 0 bridgehead atoms. The number of rotatable bonds is 7. The molecule has 116 valence electrons. The van der Waals surface area contributed by atoms with E-state index in [9.17, 15) is 9.59 Å². The lowest BCUT2D eigenvalue weighted by Gasteiger charge is -2.32. The summed E-state index contributed by atoms with van der Waals surface area (Å²) in [6.07, 6.45) is 3.75. The van der Waals surface area contributed by atoms with Gasteiger partial charge in [-0.05, 0) is 52.6 Å². The second-order valence-electron chi connectivity index (χ2n) is 5.96. The van der Waals surface area contributed by atoms with E-state index in [1.165, 1.54) is 0 Å². The molecule has 0 aromatic rings. The third-order valence-electron chi connectivity index (χ3n) is 3.70. The van der Waals surface area contributed by atoms with Gasteiger partial charge in [0.1, 0.15) is 0 Å². The van der Waals surface area contributed by atoms with Gasteiger partial charge >= 0.3 is 0 Å². The average molecular weight is 283 g/mol. The minimum Gasteiger partial charge on any atom is -0.354 e. The Labute approximate surface area is 122 Å². The smallest absolute Gasteiger partial charge is 0.222 e. The monoisotopic (exact) mass is 283 g/mol. The Morgan fingerprint density at radius 1 is 1.20 bits per heavy atom. The Hall–Kier alpha value is -1.10. The number of nitrogens with zero attached hydrogens (tertiary/aromatic N) is 1. The summed E-state index contributed by atoms with van der Waals surface area (Å²) in [5.74, 6) is 0.937. The number of carbonyl (C=O) groups is 2. The lowest BCUT2D eigenvalue weighted by molar-refractivity contribution is -0.132. The zero-order chi connectivity index (χ0) is 15.0. The van der Waals surface area contributed by atoms with Crippen molar-refractivity contribution in [3.05, 3.63) is 0 Å². The molecule has 5 nitrogen and oxygen atoms in total. The topological polar surface area (TPSA) is 61.4 Å². The molecule has 1 fully saturated rings. The highest BCUT2D eigenvalue weighted by molar-refractivity contribution is 5.79. The summed E-state index contributed by atoms with van der Waals surface area (Å²) in [5, 5.41) is 6.04. The van der Waals surface area contributed by atoms with Gasteiger partial charge in [-0.1, -0.05) is 0 Å². The largest absolute Gasteiger partial charge is 0.354 e. The van der Waals surface area contributed by atoms with Crippen LogP contribution in [-0.2, 0) is 9.59 Å². The van der Waals surface area contributed by atoms with Crippen molar-refractivity contribution in [2.45, 2.75) is 52.0 Å². The summed E-state index contributed by atoms with van der Waals surface area (Å²) in [6.45, 7) is 6.65. The molecular formula is C15H29N3O2. The van der Waals surface area contributed by atoms with Gasteiger partial charge in [0.2, 0.25) is 11.8 Å². The van der Waals surface area contributed by atoms with Crippen LogP contribution in [0.25, 0.3) is 0 Å². The molecule has 1 rings (SSSR count). The second kappa shape index (κ2) is 8.95. The predicted molar refractivity (Wildman–Crippen MR) is 80.4 cm³/mol. The van der Waals surface area contributed by atoms with Crippen LogP contribution in [0, 0.1) is 5.92 Å². The van der Waals surface area contributed by atoms with Gasteiger partial charge in [-0.2, -0.15) is 0 Å². The van der Waals surface area contributed by atoms with Crippen molar-refractivity contribution in [1.29, 1.82) is 0 Å². The van der Waals surface area contributed by atoms with E-state index < -0.39 is 0 Å². The van der Waals surface area contributed by atoms with Crippen LogP contribution in [0.3, 0.4) is 0 Å². The molecule has 1 saturated heterocycles. The number of amides is 2. The van der Waals surface area contributed by atoms with Gasteiger partial charge in [-0.3, -0.25) is 9.59 Å². The Balaban J connectivity index is 2.16. The molecule has 0 aliphatic carbocycles. The van der Waals surface area contributed by atoms with E-state index >= 15 is 0 Å². The highest BCUT2D eigenvalue weighted by atomic mass is 16.2. The summed E-state index contributed by atoms with van der Waals surface area (Å²) in [6, 6.07) is 0.171. The van der Waals surface area contributed by atoms with Gasteiger partial charge < -0.3 is 15.5 Å². The van der Waals surface area contributed by atoms with Crippen LogP contribution in [-0.4, -0.2) is 49.4 Å². The normalized spacial score (nSPS) is 16.5. The highest BCUT2D eigenvalue weighted by Gasteiger charge is 2.21. The van der Waals surface area contributed by atoms with E-state index in [1.54, 1.807) is 0 Å². The van der Waals surface area contributed by atoms with Crippen LogP contribution in [0.1, 0.15) is 46.0 Å². The molecule has 0 radical (unpaired) electrons. The first-order valence-electron chi connectivity index (χ1n) is 7.74. The van der Waals surface area contributed by atoms with E-state index in [-0.39, 0.29) is 17.9 Å². The molecule has 1 aliphatic rings. The highest BCUT2D eigenvalue weighted by Crippen LogP contribution is 2.17. The van der Waals surface area contributed by atoms with Crippen LogP contribution < -0.4 is 10.6 Å². The molecule has 0 unspecified atom stereocenters. The van der Waals surface area contributed by atoms with E-state index in [1.807, 2.05) is 25.8 Å². The van der Waals surface area contributed by atoms with E-state index in [0.29, 0.717) is 25.2 Å². The Morgan fingerprint density at radius 2 is 1.85 bits per heavy atom. The minimum atomic E-state index is 0.0422. The Morgan fingerprint density at radius 3 is 2.40 bits per heavy atom. The van der Waals surface area contributed by atoms with E-state index in [4.69, 9.17) is 0 Å². The number of hydrogen-bond acceptors (Lipinski definition) is 3. The number of likely N-dealkylation sites (tertiary alicyclic amines) is 1. The fraction of sp³-hybridized carbons (Fsp3) is 0.867. The molecule has 20 heavy (non-hydrogen) atoms. The molecule has 0 atom stereocenters. The maximum atomic E-state index is 12.0. The lowest BCUT2D eigenvalue weighted by Crippen LogP contribution is -2.40. The van der Waals surface area contributed by atoms with Crippen LogP contribution in [0.2, 0.25) is 0 Å². The number of carbonyl (C=O) groups excluding carboxylic acids is 2. The first-order valence-corrected chi connectivity index (χ1v) is 7.74. The first kappa shape index (κ1) is 17.0. The Kier molecular flexibility index (Phi) is 7.59. The van der Waals surface area contributed by atoms with Crippen molar-refractivity contribution >= 4 is 11.8 Å². The zero-order valence-corrected chi connectivity index (χ0v) is 13.1. The second-order valence-corrected chi connectivity index (χ2v) is 5.96. The quantitative estimate of drug-likeness (QED) is 0.736. The van der Waals surface area contributed by atoms with Gasteiger partial charge in [0.25, 0.3) is 0 Å². The number of piperidine rings is 1. The van der Waals surface area contributed by atoms with Gasteiger partial charge in [-0.15, -0.1) is 0 Å². The molecule has 0 saturated carbocycles. The van der Waals surface area contributed by atoms with E-state index in [2.05, 4.69) is 10.6 Å². The van der Waals surface area contributed by atoms with Crippen molar-refractivity contribution in [2.24, 2.45) is 5.92 Å². The van der Waals surface area contributed by atoms with Crippen molar-refractivity contribution in [3.63, 3.8) is 0 Å². The molecule has 1 heterocycles. The molecule has 0 spiro atoms. The standard InChI is InChI=1S/C15H29N3O2/c1-12(2)17-14(19)5-4-6-15(20)18-9-7-13(8-10-18)11-16-3/h12-13,16H,4-11H2,1-3H3,(H,17,19). The van der Waals surface area contributed by atoms with Crippen molar-refractivity contribution in [3.8, 4) is 0 Å².